The van der Waals surface area contributed by atoms with E-state index in [9.17, 15) is 9.59 Å². The van der Waals surface area contributed by atoms with Crippen molar-refractivity contribution >= 4 is 17.7 Å². The Morgan fingerprint density at radius 1 is 1.19 bits per heavy atom. The highest BCUT2D eigenvalue weighted by Crippen LogP contribution is 2.37. The third-order valence-electron chi connectivity index (χ3n) is 3.53. The summed E-state index contributed by atoms with van der Waals surface area (Å²) in [5.74, 6) is 0.115. The van der Waals surface area contributed by atoms with Crippen LogP contribution in [0.4, 0.5) is 0 Å². The standard InChI is InChI=1S/C16H14O4S/c1-9-7-13-15(16(18)19-9)12(8-14(17)20-13)10-3-5-11(21-2)6-4-10/h3-7,12H,8H2,1-2H3/t12-/m0/s1. The fraction of sp³-hybridized carbons (Fsp3) is 0.250. The summed E-state index contributed by atoms with van der Waals surface area (Å²) in [4.78, 5) is 25.1. The largest absolute Gasteiger partial charge is 0.428 e. The van der Waals surface area contributed by atoms with E-state index in [1.807, 2.05) is 30.5 Å². The summed E-state index contributed by atoms with van der Waals surface area (Å²) in [5.41, 5.74) is 0.912. The molecular formula is C16H14O4S. The Bertz CT molecular complexity index is 746. The van der Waals surface area contributed by atoms with Gasteiger partial charge in [-0.3, -0.25) is 4.79 Å². The van der Waals surface area contributed by atoms with Gasteiger partial charge in [0.2, 0.25) is 0 Å². The minimum atomic E-state index is -0.434. The highest BCUT2D eigenvalue weighted by molar-refractivity contribution is 7.98. The molecule has 0 spiro atoms. The van der Waals surface area contributed by atoms with Gasteiger partial charge < -0.3 is 9.15 Å². The molecule has 108 valence electrons. The average Bonchev–Trinajstić information content (AvgIpc) is 2.45. The minimum Gasteiger partial charge on any atom is -0.428 e. The van der Waals surface area contributed by atoms with Crippen LogP contribution in [-0.4, -0.2) is 12.2 Å². The molecular weight excluding hydrogens is 288 g/mol. The first-order valence-electron chi connectivity index (χ1n) is 6.57. The SMILES string of the molecule is CSc1ccc([C@@H]2CC(=O)Oc3cc(C)oc(=O)c32)cc1. The molecule has 0 radical (unpaired) electrons. The number of carbonyl (C=O) groups is 1. The van der Waals surface area contributed by atoms with Crippen molar-refractivity contribution in [3.8, 4) is 5.75 Å². The number of hydrogen-bond donors (Lipinski definition) is 0. The Hall–Kier alpha value is -2.01. The van der Waals surface area contributed by atoms with Gasteiger partial charge >= 0.3 is 11.6 Å². The fourth-order valence-corrected chi connectivity index (χ4v) is 2.95. The van der Waals surface area contributed by atoms with Crippen molar-refractivity contribution < 1.29 is 13.9 Å². The second-order valence-electron chi connectivity index (χ2n) is 4.93. The van der Waals surface area contributed by atoms with Gasteiger partial charge in [-0.2, -0.15) is 0 Å². The number of thioether (sulfide) groups is 1. The maximum absolute atomic E-state index is 12.1. The van der Waals surface area contributed by atoms with Gasteiger partial charge in [0.1, 0.15) is 11.5 Å². The first kappa shape index (κ1) is 13.9. The van der Waals surface area contributed by atoms with Crippen LogP contribution in [-0.2, 0) is 4.79 Å². The van der Waals surface area contributed by atoms with Crippen LogP contribution < -0.4 is 10.4 Å². The molecule has 0 bridgehead atoms. The van der Waals surface area contributed by atoms with Crippen LogP contribution in [0.15, 0.2) is 44.4 Å². The molecule has 1 atom stereocenters. The highest BCUT2D eigenvalue weighted by atomic mass is 32.2. The smallest absolute Gasteiger partial charge is 0.343 e. The maximum atomic E-state index is 12.1. The minimum absolute atomic E-state index is 0.152. The number of esters is 1. The quantitative estimate of drug-likeness (QED) is 0.630. The molecule has 3 rings (SSSR count). The van der Waals surface area contributed by atoms with Crippen LogP contribution in [0.5, 0.6) is 5.75 Å². The van der Waals surface area contributed by atoms with Crippen molar-refractivity contribution in [3.63, 3.8) is 0 Å². The predicted molar refractivity (Wildman–Crippen MR) is 80.0 cm³/mol. The van der Waals surface area contributed by atoms with Crippen molar-refractivity contribution in [1.82, 2.24) is 0 Å². The molecule has 2 heterocycles. The lowest BCUT2D eigenvalue weighted by molar-refractivity contribution is -0.135. The van der Waals surface area contributed by atoms with E-state index in [0.29, 0.717) is 17.1 Å². The third-order valence-corrected chi connectivity index (χ3v) is 4.28. The van der Waals surface area contributed by atoms with E-state index in [1.165, 1.54) is 0 Å². The van der Waals surface area contributed by atoms with E-state index >= 15 is 0 Å². The lowest BCUT2D eigenvalue weighted by Crippen LogP contribution is -2.26. The van der Waals surface area contributed by atoms with Gasteiger partial charge in [0, 0.05) is 16.9 Å². The van der Waals surface area contributed by atoms with Gasteiger partial charge in [0.05, 0.1) is 12.0 Å². The molecule has 0 saturated carbocycles. The van der Waals surface area contributed by atoms with Gasteiger partial charge in [0.25, 0.3) is 0 Å². The lowest BCUT2D eigenvalue weighted by Gasteiger charge is -2.23. The summed E-state index contributed by atoms with van der Waals surface area (Å²) >= 11 is 1.64. The van der Waals surface area contributed by atoms with Gasteiger partial charge in [-0.25, -0.2) is 4.79 Å². The van der Waals surface area contributed by atoms with Crippen molar-refractivity contribution in [2.45, 2.75) is 24.2 Å². The topological polar surface area (TPSA) is 56.5 Å². The highest BCUT2D eigenvalue weighted by Gasteiger charge is 2.32. The predicted octanol–water partition coefficient (Wildman–Crippen LogP) is 3.11. The van der Waals surface area contributed by atoms with E-state index in [4.69, 9.17) is 9.15 Å². The summed E-state index contributed by atoms with van der Waals surface area (Å²) in [6.07, 6.45) is 2.15. The Kier molecular flexibility index (Phi) is 3.59. The van der Waals surface area contributed by atoms with Crippen LogP contribution in [0.1, 0.15) is 29.2 Å². The van der Waals surface area contributed by atoms with Crippen molar-refractivity contribution in [2.24, 2.45) is 0 Å². The number of hydrogen-bond acceptors (Lipinski definition) is 5. The molecule has 21 heavy (non-hydrogen) atoms. The molecule has 0 aliphatic carbocycles. The summed E-state index contributed by atoms with van der Waals surface area (Å²) in [5, 5.41) is 0. The molecule has 0 N–H and O–H groups in total. The third kappa shape index (κ3) is 2.61. The number of rotatable bonds is 2. The Labute approximate surface area is 126 Å². The van der Waals surface area contributed by atoms with Crippen LogP contribution in [0.3, 0.4) is 0 Å². The molecule has 5 heteroatoms. The molecule has 1 aromatic heterocycles. The Morgan fingerprint density at radius 3 is 2.57 bits per heavy atom. The van der Waals surface area contributed by atoms with Crippen molar-refractivity contribution in [1.29, 1.82) is 0 Å². The lowest BCUT2D eigenvalue weighted by atomic mass is 9.87. The zero-order chi connectivity index (χ0) is 15.0. The molecule has 2 aromatic rings. The van der Waals surface area contributed by atoms with Gasteiger partial charge in [-0.1, -0.05) is 12.1 Å². The zero-order valence-electron chi connectivity index (χ0n) is 11.7. The summed E-state index contributed by atoms with van der Waals surface area (Å²) in [7, 11) is 0. The zero-order valence-corrected chi connectivity index (χ0v) is 12.5. The second-order valence-corrected chi connectivity index (χ2v) is 5.81. The molecule has 0 saturated heterocycles. The number of aryl methyl sites for hydroxylation is 1. The number of ether oxygens (including phenoxy) is 1. The maximum Gasteiger partial charge on any atom is 0.343 e. The van der Waals surface area contributed by atoms with E-state index in [-0.39, 0.29) is 18.3 Å². The molecule has 0 amide bonds. The monoisotopic (exact) mass is 302 g/mol. The van der Waals surface area contributed by atoms with Crippen LogP contribution in [0.2, 0.25) is 0 Å². The van der Waals surface area contributed by atoms with Crippen LogP contribution in [0.25, 0.3) is 0 Å². The van der Waals surface area contributed by atoms with Gasteiger partial charge in [-0.15, -0.1) is 11.8 Å². The first-order chi connectivity index (χ1) is 10.1. The number of carbonyl (C=O) groups excluding carboxylic acids is 1. The molecule has 4 nitrogen and oxygen atoms in total. The number of fused-ring (bicyclic) bond motifs is 1. The summed E-state index contributed by atoms with van der Waals surface area (Å²) < 4.78 is 10.3. The van der Waals surface area contributed by atoms with Crippen molar-refractivity contribution in [2.75, 3.05) is 6.26 Å². The molecule has 1 aliphatic heterocycles. The van der Waals surface area contributed by atoms with Gasteiger partial charge in [0.15, 0.2) is 0 Å². The molecule has 1 aliphatic rings. The van der Waals surface area contributed by atoms with Gasteiger partial charge in [-0.05, 0) is 30.9 Å². The second kappa shape index (κ2) is 5.41. The van der Waals surface area contributed by atoms with E-state index < -0.39 is 5.63 Å². The molecule has 0 fully saturated rings. The van der Waals surface area contributed by atoms with E-state index in [1.54, 1.807) is 24.8 Å². The Morgan fingerprint density at radius 2 is 1.90 bits per heavy atom. The summed E-state index contributed by atoms with van der Waals surface area (Å²) in [6.45, 7) is 1.66. The van der Waals surface area contributed by atoms with Crippen molar-refractivity contribution in [3.05, 3.63) is 57.6 Å². The normalized spacial score (nSPS) is 17.2. The number of benzene rings is 1. The van der Waals surface area contributed by atoms with Crippen LogP contribution in [0, 0.1) is 6.92 Å². The average molecular weight is 302 g/mol. The molecule has 0 unspecified atom stereocenters. The fourth-order valence-electron chi connectivity index (χ4n) is 2.55. The molecule has 1 aromatic carbocycles. The Balaban J connectivity index is 2.12. The first-order valence-corrected chi connectivity index (χ1v) is 7.80. The summed E-state index contributed by atoms with van der Waals surface area (Å²) in [6, 6.07) is 9.44. The van der Waals surface area contributed by atoms with Crippen LogP contribution >= 0.6 is 11.8 Å². The van der Waals surface area contributed by atoms with E-state index in [2.05, 4.69) is 0 Å². The van der Waals surface area contributed by atoms with E-state index in [0.717, 1.165) is 10.5 Å².